The maximum Gasteiger partial charge on any atom is 0.237 e. The summed E-state index contributed by atoms with van der Waals surface area (Å²) in [5.74, 6) is -0.885. The molecule has 0 spiro atoms. The number of hydrogen-bond acceptors (Lipinski definition) is 5. The van der Waals surface area contributed by atoms with Crippen LogP contribution in [0.1, 0.15) is 0 Å². The van der Waals surface area contributed by atoms with Crippen LogP contribution in [0.3, 0.4) is 0 Å². The van der Waals surface area contributed by atoms with E-state index in [1.54, 1.807) is 0 Å². The zero-order valence-electron chi connectivity index (χ0n) is 8.26. The Morgan fingerprint density at radius 2 is 1.81 bits per heavy atom. The quantitative estimate of drug-likeness (QED) is 0.638. The third-order valence-electron chi connectivity index (χ3n) is 1.64. The number of anilines is 1. The van der Waals surface area contributed by atoms with Crippen molar-refractivity contribution in [2.45, 2.75) is 0 Å². The summed E-state index contributed by atoms with van der Waals surface area (Å²) in [5, 5.41) is 0.198. The molecular formula is C8H10ClN5O2. The maximum absolute atomic E-state index is 10.8. The van der Waals surface area contributed by atoms with Gasteiger partial charge < -0.3 is 16.4 Å². The molecule has 4 N–H and O–H groups in total. The monoisotopic (exact) mass is 243 g/mol. The Balaban J connectivity index is 2.90. The van der Waals surface area contributed by atoms with E-state index < -0.39 is 11.8 Å². The van der Waals surface area contributed by atoms with Gasteiger partial charge in [0.05, 0.1) is 13.1 Å². The van der Waals surface area contributed by atoms with E-state index >= 15 is 0 Å². The minimum absolute atomic E-state index is 0.170. The van der Waals surface area contributed by atoms with Gasteiger partial charge in [-0.05, 0) is 0 Å². The van der Waals surface area contributed by atoms with Crippen LogP contribution in [0.5, 0.6) is 0 Å². The molecule has 0 aliphatic heterocycles. The number of primary amides is 2. The summed E-state index contributed by atoms with van der Waals surface area (Å²) in [6, 6.07) is 1.41. The molecule has 0 atom stereocenters. The minimum Gasteiger partial charge on any atom is -0.368 e. The molecule has 0 unspecified atom stereocenters. The van der Waals surface area contributed by atoms with Crippen LogP contribution in [0, 0.1) is 0 Å². The van der Waals surface area contributed by atoms with Crippen molar-refractivity contribution in [3.63, 3.8) is 0 Å². The van der Waals surface area contributed by atoms with E-state index in [9.17, 15) is 9.59 Å². The summed E-state index contributed by atoms with van der Waals surface area (Å²) in [6.07, 6.45) is 1.21. The zero-order chi connectivity index (χ0) is 12.1. The standard InChI is InChI=1S/C8H10ClN5O2/c9-5-1-8(13-4-12-5)14(2-6(10)15)3-7(11)16/h1,4H,2-3H2,(H2,10,15)(H2,11,16). The van der Waals surface area contributed by atoms with Crippen molar-refractivity contribution < 1.29 is 9.59 Å². The Morgan fingerprint density at radius 3 is 2.25 bits per heavy atom. The van der Waals surface area contributed by atoms with Crippen LogP contribution in [0.25, 0.3) is 0 Å². The lowest BCUT2D eigenvalue weighted by Crippen LogP contribution is -2.40. The molecule has 0 aliphatic rings. The van der Waals surface area contributed by atoms with Crippen LogP contribution in [-0.4, -0.2) is 34.9 Å². The second kappa shape index (κ2) is 5.26. The lowest BCUT2D eigenvalue weighted by molar-refractivity contribution is -0.117. The molecule has 0 fully saturated rings. The van der Waals surface area contributed by atoms with Crippen LogP contribution < -0.4 is 16.4 Å². The molecule has 0 aliphatic carbocycles. The molecule has 0 saturated carbocycles. The molecule has 8 heteroatoms. The molecule has 1 rings (SSSR count). The number of carbonyl (C=O) groups is 2. The van der Waals surface area contributed by atoms with Gasteiger partial charge in [0, 0.05) is 6.07 Å². The highest BCUT2D eigenvalue weighted by Gasteiger charge is 2.13. The van der Waals surface area contributed by atoms with Gasteiger partial charge in [0.1, 0.15) is 17.3 Å². The Morgan fingerprint density at radius 1 is 1.25 bits per heavy atom. The van der Waals surface area contributed by atoms with Crippen molar-refractivity contribution >= 4 is 29.2 Å². The summed E-state index contributed by atoms with van der Waals surface area (Å²) in [6.45, 7) is -0.341. The average molecular weight is 244 g/mol. The van der Waals surface area contributed by atoms with Gasteiger partial charge in [0.25, 0.3) is 0 Å². The van der Waals surface area contributed by atoms with E-state index in [4.69, 9.17) is 23.1 Å². The van der Waals surface area contributed by atoms with E-state index in [0.717, 1.165) is 0 Å². The van der Waals surface area contributed by atoms with E-state index in [1.807, 2.05) is 0 Å². The van der Waals surface area contributed by atoms with Crippen LogP contribution >= 0.6 is 11.6 Å². The lowest BCUT2D eigenvalue weighted by atomic mass is 10.4. The Labute approximate surface area is 96.4 Å². The highest BCUT2D eigenvalue weighted by molar-refractivity contribution is 6.29. The van der Waals surface area contributed by atoms with Gasteiger partial charge in [0.2, 0.25) is 11.8 Å². The number of rotatable bonds is 5. The van der Waals surface area contributed by atoms with Gasteiger partial charge >= 0.3 is 0 Å². The molecule has 0 saturated heterocycles. The van der Waals surface area contributed by atoms with Crippen molar-refractivity contribution in [3.8, 4) is 0 Å². The Hall–Kier alpha value is -1.89. The molecule has 1 aromatic heterocycles. The molecule has 0 aromatic carbocycles. The summed E-state index contributed by atoms with van der Waals surface area (Å²) < 4.78 is 0. The predicted molar refractivity (Wildman–Crippen MR) is 57.6 cm³/mol. The van der Waals surface area contributed by atoms with Crippen molar-refractivity contribution in [1.82, 2.24) is 9.97 Å². The molecule has 1 heterocycles. The smallest absolute Gasteiger partial charge is 0.237 e. The fourth-order valence-corrected chi connectivity index (χ4v) is 1.23. The molecule has 2 amide bonds. The van der Waals surface area contributed by atoms with E-state index in [2.05, 4.69) is 9.97 Å². The van der Waals surface area contributed by atoms with Gasteiger partial charge in [0.15, 0.2) is 0 Å². The first kappa shape index (κ1) is 12.2. The fraction of sp³-hybridized carbons (Fsp3) is 0.250. The number of nitrogens with zero attached hydrogens (tertiary/aromatic N) is 3. The van der Waals surface area contributed by atoms with Crippen molar-refractivity contribution in [2.75, 3.05) is 18.0 Å². The highest BCUT2D eigenvalue weighted by atomic mass is 35.5. The van der Waals surface area contributed by atoms with E-state index in [-0.39, 0.29) is 18.2 Å². The minimum atomic E-state index is -0.601. The largest absolute Gasteiger partial charge is 0.368 e. The van der Waals surface area contributed by atoms with E-state index in [1.165, 1.54) is 17.3 Å². The van der Waals surface area contributed by atoms with Crippen LogP contribution in [0.4, 0.5) is 5.82 Å². The van der Waals surface area contributed by atoms with Gasteiger partial charge in [-0.25, -0.2) is 9.97 Å². The van der Waals surface area contributed by atoms with Crippen molar-refractivity contribution in [3.05, 3.63) is 17.5 Å². The maximum atomic E-state index is 10.8. The Bertz CT molecular complexity index is 395. The van der Waals surface area contributed by atoms with Crippen LogP contribution in [-0.2, 0) is 9.59 Å². The van der Waals surface area contributed by atoms with Gasteiger partial charge in [-0.2, -0.15) is 0 Å². The summed E-state index contributed by atoms with van der Waals surface area (Å²) in [4.78, 5) is 30.5. The first-order chi connectivity index (χ1) is 7.49. The summed E-state index contributed by atoms with van der Waals surface area (Å²) >= 11 is 5.65. The molecule has 0 radical (unpaired) electrons. The highest BCUT2D eigenvalue weighted by Crippen LogP contribution is 2.13. The molecule has 1 aromatic rings. The zero-order valence-corrected chi connectivity index (χ0v) is 9.02. The number of aromatic nitrogens is 2. The predicted octanol–water partition coefficient (Wildman–Crippen LogP) is -1.09. The van der Waals surface area contributed by atoms with Gasteiger partial charge in [-0.3, -0.25) is 9.59 Å². The first-order valence-corrected chi connectivity index (χ1v) is 4.66. The molecule has 16 heavy (non-hydrogen) atoms. The van der Waals surface area contributed by atoms with E-state index in [0.29, 0.717) is 5.82 Å². The molecular weight excluding hydrogens is 234 g/mol. The summed E-state index contributed by atoms with van der Waals surface area (Å²) in [7, 11) is 0. The lowest BCUT2D eigenvalue weighted by Gasteiger charge is -2.19. The van der Waals surface area contributed by atoms with Crippen LogP contribution in [0.15, 0.2) is 12.4 Å². The van der Waals surface area contributed by atoms with Gasteiger partial charge in [-0.15, -0.1) is 0 Å². The van der Waals surface area contributed by atoms with Crippen molar-refractivity contribution in [1.29, 1.82) is 0 Å². The van der Waals surface area contributed by atoms with Gasteiger partial charge in [-0.1, -0.05) is 11.6 Å². The average Bonchev–Trinajstić information content (AvgIpc) is 2.15. The normalized spacial score (nSPS) is 9.81. The number of carbonyl (C=O) groups excluding carboxylic acids is 2. The summed E-state index contributed by atoms with van der Waals surface area (Å²) in [5.41, 5.74) is 10.1. The molecule has 0 bridgehead atoms. The third kappa shape index (κ3) is 3.70. The molecule has 86 valence electrons. The Kier molecular flexibility index (Phi) is 4.01. The number of hydrogen-bond donors (Lipinski definition) is 2. The SMILES string of the molecule is NC(=O)CN(CC(N)=O)c1cc(Cl)ncn1. The number of nitrogens with two attached hydrogens (primary N) is 2. The van der Waals surface area contributed by atoms with Crippen molar-refractivity contribution in [2.24, 2.45) is 11.5 Å². The topological polar surface area (TPSA) is 115 Å². The number of halogens is 1. The second-order valence-electron chi connectivity index (χ2n) is 2.99. The number of amides is 2. The third-order valence-corrected chi connectivity index (χ3v) is 1.84. The second-order valence-corrected chi connectivity index (χ2v) is 3.37. The van der Waals surface area contributed by atoms with Crippen LogP contribution in [0.2, 0.25) is 5.15 Å². The fourth-order valence-electron chi connectivity index (χ4n) is 1.09. The molecule has 7 nitrogen and oxygen atoms in total. The first-order valence-electron chi connectivity index (χ1n) is 4.28.